The fourth-order valence-electron chi connectivity index (χ4n) is 3.00. The summed E-state index contributed by atoms with van der Waals surface area (Å²) in [7, 11) is 0. The molecule has 0 aliphatic heterocycles. The van der Waals surface area contributed by atoms with Crippen molar-refractivity contribution in [3.63, 3.8) is 0 Å². The smallest absolute Gasteiger partial charge is 0.124 e. The molecule has 0 radical (unpaired) electrons. The van der Waals surface area contributed by atoms with E-state index in [1.54, 1.807) is 12.1 Å². The van der Waals surface area contributed by atoms with Crippen molar-refractivity contribution in [2.45, 2.75) is 31.6 Å². The summed E-state index contributed by atoms with van der Waals surface area (Å²) in [5.41, 5.74) is 9.98. The van der Waals surface area contributed by atoms with Crippen LogP contribution in [-0.4, -0.2) is 10.1 Å². The first-order chi connectivity index (χ1) is 10.2. The normalized spacial score (nSPS) is 14.7. The molecule has 3 nitrogen and oxygen atoms in total. The van der Waals surface area contributed by atoms with Crippen LogP contribution in [0.15, 0.2) is 43.0 Å². The maximum Gasteiger partial charge on any atom is 0.124 e. The number of nitrogens with zero attached hydrogens (tertiary/aromatic N) is 1. The van der Waals surface area contributed by atoms with Gasteiger partial charge in [-0.2, -0.15) is 0 Å². The van der Waals surface area contributed by atoms with Gasteiger partial charge in [0.15, 0.2) is 0 Å². The molecule has 0 atom stereocenters. The highest BCUT2D eigenvalue weighted by Crippen LogP contribution is 2.45. The van der Waals surface area contributed by atoms with Crippen LogP contribution in [0.4, 0.5) is 5.82 Å². The molecule has 21 heavy (non-hydrogen) atoms. The lowest BCUT2D eigenvalue weighted by molar-refractivity contribution is 0.412. The summed E-state index contributed by atoms with van der Waals surface area (Å²) in [5, 5.41) is 10.2. The number of anilines is 1. The van der Waals surface area contributed by atoms with Crippen molar-refractivity contribution in [3.05, 3.63) is 54.1 Å². The van der Waals surface area contributed by atoms with Crippen LogP contribution in [0.2, 0.25) is 0 Å². The molecule has 3 N–H and O–H groups in total. The average Bonchev–Trinajstić information content (AvgIpc) is 2.41. The summed E-state index contributed by atoms with van der Waals surface area (Å²) >= 11 is 0. The standard InChI is InChI=1S/C18H20N2O/c1-2-5-14-16(21)11-10-13(18(14)12-6-3-7-12)15-8-4-9-17(19)20-15/h2,4,8-12,21H,1,3,5-7H2,(H2,19,20). The number of allylic oxidation sites excluding steroid dienone is 1. The fourth-order valence-corrected chi connectivity index (χ4v) is 3.00. The van der Waals surface area contributed by atoms with Gasteiger partial charge in [-0.05, 0) is 55.0 Å². The fraction of sp³-hybridized carbons (Fsp3) is 0.278. The van der Waals surface area contributed by atoms with Crippen LogP contribution < -0.4 is 5.73 Å². The SMILES string of the molecule is C=CCc1c(O)ccc(-c2cccc(N)n2)c1C1CCC1. The molecule has 0 bridgehead atoms. The van der Waals surface area contributed by atoms with Crippen LogP contribution in [0, 0.1) is 0 Å². The minimum absolute atomic E-state index is 0.351. The molecule has 0 amide bonds. The molecule has 1 aromatic heterocycles. The quantitative estimate of drug-likeness (QED) is 0.831. The van der Waals surface area contributed by atoms with E-state index in [-0.39, 0.29) is 0 Å². The molecule has 1 aromatic carbocycles. The van der Waals surface area contributed by atoms with Gasteiger partial charge >= 0.3 is 0 Å². The Morgan fingerprint density at radius 2 is 2.10 bits per heavy atom. The third-order valence-electron chi connectivity index (χ3n) is 4.24. The van der Waals surface area contributed by atoms with Crippen molar-refractivity contribution in [2.24, 2.45) is 0 Å². The number of hydrogen-bond donors (Lipinski definition) is 2. The number of rotatable bonds is 4. The highest BCUT2D eigenvalue weighted by Gasteiger charge is 2.27. The highest BCUT2D eigenvalue weighted by molar-refractivity contribution is 5.70. The Kier molecular flexibility index (Phi) is 3.65. The number of phenols is 1. The predicted molar refractivity (Wildman–Crippen MR) is 86.2 cm³/mol. The number of hydrogen-bond acceptors (Lipinski definition) is 3. The summed E-state index contributed by atoms with van der Waals surface area (Å²) in [6.45, 7) is 3.81. The van der Waals surface area contributed by atoms with Gasteiger partial charge in [-0.1, -0.05) is 18.6 Å². The molecule has 0 spiro atoms. The zero-order chi connectivity index (χ0) is 14.8. The van der Waals surface area contributed by atoms with E-state index in [2.05, 4.69) is 11.6 Å². The van der Waals surface area contributed by atoms with Crippen LogP contribution >= 0.6 is 0 Å². The van der Waals surface area contributed by atoms with Crippen molar-refractivity contribution in [2.75, 3.05) is 5.73 Å². The lowest BCUT2D eigenvalue weighted by Crippen LogP contribution is -2.13. The first-order valence-electron chi connectivity index (χ1n) is 7.39. The molecule has 1 aliphatic rings. The number of nitrogen functional groups attached to an aromatic ring is 1. The van der Waals surface area contributed by atoms with Gasteiger partial charge in [0.25, 0.3) is 0 Å². The lowest BCUT2D eigenvalue weighted by atomic mass is 9.75. The van der Waals surface area contributed by atoms with Crippen molar-refractivity contribution in [1.82, 2.24) is 4.98 Å². The molecule has 3 rings (SSSR count). The van der Waals surface area contributed by atoms with E-state index < -0.39 is 0 Å². The van der Waals surface area contributed by atoms with Crippen molar-refractivity contribution >= 4 is 5.82 Å². The molecule has 1 fully saturated rings. The second-order valence-electron chi connectivity index (χ2n) is 5.59. The minimum Gasteiger partial charge on any atom is -0.508 e. The number of pyridine rings is 1. The molecule has 108 valence electrons. The first-order valence-corrected chi connectivity index (χ1v) is 7.39. The largest absolute Gasteiger partial charge is 0.508 e. The Bertz CT molecular complexity index is 675. The summed E-state index contributed by atoms with van der Waals surface area (Å²) in [4.78, 5) is 4.45. The number of aromatic hydroxyl groups is 1. The van der Waals surface area contributed by atoms with E-state index in [0.29, 0.717) is 23.9 Å². The van der Waals surface area contributed by atoms with Gasteiger partial charge in [-0.25, -0.2) is 4.98 Å². The Labute approximate surface area is 125 Å². The number of nitrogens with two attached hydrogens (primary N) is 1. The van der Waals surface area contributed by atoms with Crippen LogP contribution in [0.1, 0.15) is 36.3 Å². The van der Waals surface area contributed by atoms with Gasteiger partial charge in [0.05, 0.1) is 5.69 Å². The molecule has 2 aromatic rings. The van der Waals surface area contributed by atoms with Crippen molar-refractivity contribution in [3.8, 4) is 17.0 Å². The van der Waals surface area contributed by atoms with Crippen molar-refractivity contribution < 1.29 is 5.11 Å². The summed E-state index contributed by atoms with van der Waals surface area (Å²) in [6.07, 6.45) is 6.10. The molecule has 0 unspecified atom stereocenters. The van der Waals surface area contributed by atoms with Crippen LogP contribution in [0.25, 0.3) is 11.3 Å². The second-order valence-corrected chi connectivity index (χ2v) is 5.59. The monoisotopic (exact) mass is 280 g/mol. The Balaban J connectivity index is 2.19. The van der Waals surface area contributed by atoms with Gasteiger partial charge in [0, 0.05) is 11.1 Å². The molecule has 1 heterocycles. The molecule has 1 saturated carbocycles. The Morgan fingerprint density at radius 1 is 1.29 bits per heavy atom. The third-order valence-corrected chi connectivity index (χ3v) is 4.24. The number of benzene rings is 1. The Morgan fingerprint density at radius 3 is 2.71 bits per heavy atom. The van der Waals surface area contributed by atoms with Gasteiger partial charge in [-0.15, -0.1) is 6.58 Å². The Hall–Kier alpha value is -2.29. The molecule has 3 heteroatoms. The topological polar surface area (TPSA) is 59.1 Å². The minimum atomic E-state index is 0.351. The van der Waals surface area contributed by atoms with E-state index in [1.807, 2.05) is 24.3 Å². The third kappa shape index (κ3) is 2.51. The number of aromatic nitrogens is 1. The summed E-state index contributed by atoms with van der Waals surface area (Å²) in [5.74, 6) is 1.38. The maximum absolute atomic E-state index is 10.2. The van der Waals surface area contributed by atoms with E-state index in [4.69, 9.17) is 5.73 Å². The highest BCUT2D eigenvalue weighted by atomic mass is 16.3. The van der Waals surface area contributed by atoms with Crippen LogP contribution in [0.3, 0.4) is 0 Å². The van der Waals surface area contributed by atoms with Gasteiger partial charge in [0.1, 0.15) is 11.6 Å². The van der Waals surface area contributed by atoms with Crippen LogP contribution in [-0.2, 0) is 6.42 Å². The zero-order valence-electron chi connectivity index (χ0n) is 12.0. The van der Waals surface area contributed by atoms with Crippen LogP contribution in [0.5, 0.6) is 5.75 Å². The average molecular weight is 280 g/mol. The molecular formula is C18H20N2O. The van der Waals surface area contributed by atoms with E-state index in [9.17, 15) is 5.11 Å². The zero-order valence-corrected chi connectivity index (χ0v) is 12.0. The van der Waals surface area contributed by atoms with Gasteiger partial charge in [-0.3, -0.25) is 0 Å². The first kappa shape index (κ1) is 13.7. The molecular weight excluding hydrogens is 260 g/mol. The maximum atomic E-state index is 10.2. The molecule has 0 saturated heterocycles. The molecule has 1 aliphatic carbocycles. The van der Waals surface area contributed by atoms with Crippen molar-refractivity contribution in [1.29, 1.82) is 0 Å². The summed E-state index contributed by atoms with van der Waals surface area (Å²) < 4.78 is 0. The van der Waals surface area contributed by atoms with Gasteiger partial charge < -0.3 is 10.8 Å². The second kappa shape index (κ2) is 5.60. The van der Waals surface area contributed by atoms with Gasteiger partial charge in [0.2, 0.25) is 0 Å². The summed E-state index contributed by atoms with van der Waals surface area (Å²) in [6, 6.07) is 9.39. The predicted octanol–water partition coefficient (Wildman–Crippen LogP) is 4.03. The van der Waals surface area contributed by atoms with E-state index in [0.717, 1.165) is 16.8 Å². The van der Waals surface area contributed by atoms with E-state index >= 15 is 0 Å². The lowest BCUT2D eigenvalue weighted by Gasteiger charge is -2.30. The van der Waals surface area contributed by atoms with E-state index in [1.165, 1.54) is 24.8 Å². The number of phenolic OH excluding ortho intramolecular Hbond substituents is 1.